The van der Waals surface area contributed by atoms with E-state index in [0.29, 0.717) is 41.3 Å². The number of benzene rings is 2. The number of amides is 2. The first-order chi connectivity index (χ1) is 13.8. The van der Waals surface area contributed by atoms with Gasteiger partial charge in [-0.05, 0) is 67.1 Å². The van der Waals surface area contributed by atoms with E-state index >= 15 is 0 Å². The van der Waals surface area contributed by atoms with E-state index in [0.717, 1.165) is 6.42 Å². The van der Waals surface area contributed by atoms with Gasteiger partial charge in [0.05, 0.1) is 12.1 Å². The number of phenols is 1. The van der Waals surface area contributed by atoms with Crippen molar-refractivity contribution >= 4 is 11.8 Å². The second kappa shape index (κ2) is 7.21. The first kappa shape index (κ1) is 19.5. The molecule has 0 aliphatic carbocycles. The van der Waals surface area contributed by atoms with E-state index in [4.69, 9.17) is 0 Å². The monoisotopic (exact) mass is 392 g/mol. The van der Waals surface area contributed by atoms with Crippen LogP contribution in [0.25, 0.3) is 0 Å². The van der Waals surface area contributed by atoms with Crippen LogP contribution in [0.4, 0.5) is 0 Å². The summed E-state index contributed by atoms with van der Waals surface area (Å²) in [5.41, 5.74) is 3.95. The van der Waals surface area contributed by atoms with E-state index in [9.17, 15) is 14.7 Å². The van der Waals surface area contributed by atoms with Crippen LogP contribution in [0.3, 0.4) is 0 Å². The third-order valence-corrected chi connectivity index (χ3v) is 6.28. The number of aromatic hydroxyl groups is 1. The number of carbonyl (C=O) groups is 2. The number of rotatable bonds is 3. The molecule has 3 heterocycles. The van der Waals surface area contributed by atoms with E-state index in [1.54, 1.807) is 26.0 Å². The van der Waals surface area contributed by atoms with Gasteiger partial charge in [0.2, 0.25) is 0 Å². The number of fused-ring (bicyclic) bond motifs is 2. The van der Waals surface area contributed by atoms with Crippen LogP contribution in [-0.2, 0) is 0 Å². The number of aryl methyl sites for hydroxylation is 2. The van der Waals surface area contributed by atoms with Crippen molar-refractivity contribution < 1.29 is 14.7 Å². The fraction of sp³-hybridized carbons (Fsp3) is 0.417. The van der Waals surface area contributed by atoms with Gasteiger partial charge >= 0.3 is 0 Å². The van der Waals surface area contributed by atoms with E-state index in [-0.39, 0.29) is 29.6 Å². The van der Waals surface area contributed by atoms with Crippen LogP contribution in [0.5, 0.6) is 5.75 Å². The Kier molecular flexibility index (Phi) is 4.85. The van der Waals surface area contributed by atoms with Crippen LogP contribution in [0.2, 0.25) is 0 Å². The molecule has 152 valence electrons. The second-order valence-corrected chi connectivity index (χ2v) is 8.70. The Hall–Kier alpha value is -2.82. The summed E-state index contributed by atoms with van der Waals surface area (Å²) < 4.78 is 0. The zero-order chi connectivity index (χ0) is 20.9. The van der Waals surface area contributed by atoms with Gasteiger partial charge in [-0.2, -0.15) is 0 Å². The van der Waals surface area contributed by atoms with Gasteiger partial charge in [-0.25, -0.2) is 0 Å². The van der Waals surface area contributed by atoms with Crippen molar-refractivity contribution in [2.24, 2.45) is 0 Å². The summed E-state index contributed by atoms with van der Waals surface area (Å²) in [6.45, 7) is 9.00. The number of nitrogens with zero attached hydrogens (tertiary/aromatic N) is 2. The largest absolute Gasteiger partial charge is 0.507 e. The number of hydrogen-bond acceptors (Lipinski definition) is 3. The summed E-state index contributed by atoms with van der Waals surface area (Å²) >= 11 is 0. The number of hydrogen-bond donors (Lipinski definition) is 1. The van der Waals surface area contributed by atoms with Gasteiger partial charge < -0.3 is 14.9 Å². The molecule has 2 atom stereocenters. The maximum Gasteiger partial charge on any atom is 0.254 e. The van der Waals surface area contributed by atoms with Crippen molar-refractivity contribution in [3.8, 4) is 5.75 Å². The van der Waals surface area contributed by atoms with Crippen LogP contribution in [0.15, 0.2) is 36.4 Å². The summed E-state index contributed by atoms with van der Waals surface area (Å²) in [6.07, 6.45) is 0.952. The number of phenolic OH excluding ortho intramolecular Hbond substituents is 1. The van der Waals surface area contributed by atoms with Crippen molar-refractivity contribution in [1.82, 2.24) is 9.80 Å². The highest BCUT2D eigenvalue weighted by Gasteiger charge is 2.48. The average molecular weight is 392 g/mol. The van der Waals surface area contributed by atoms with Gasteiger partial charge in [0.25, 0.3) is 11.8 Å². The molecule has 1 N–H and O–H groups in total. The molecule has 2 aromatic rings. The average Bonchev–Trinajstić information content (AvgIpc) is 2.71. The topological polar surface area (TPSA) is 60.9 Å². The highest BCUT2D eigenvalue weighted by Crippen LogP contribution is 2.35. The second-order valence-electron chi connectivity index (χ2n) is 8.70. The predicted molar refractivity (Wildman–Crippen MR) is 112 cm³/mol. The van der Waals surface area contributed by atoms with Crippen LogP contribution in [0.1, 0.15) is 63.6 Å². The molecular weight excluding hydrogens is 364 g/mol. The lowest BCUT2D eigenvalue weighted by atomic mass is 9.86. The fourth-order valence-corrected chi connectivity index (χ4v) is 4.53. The summed E-state index contributed by atoms with van der Waals surface area (Å²) in [5.74, 6) is 0.710. The van der Waals surface area contributed by atoms with Gasteiger partial charge in [0.1, 0.15) is 5.75 Å². The first-order valence-electron chi connectivity index (χ1n) is 10.3. The Bertz CT molecular complexity index is 930. The molecule has 5 nitrogen and oxygen atoms in total. The molecule has 3 aliphatic rings. The smallest absolute Gasteiger partial charge is 0.254 e. The Balaban J connectivity index is 1.46. The molecule has 0 saturated carbocycles. The van der Waals surface area contributed by atoms with Crippen molar-refractivity contribution in [1.29, 1.82) is 0 Å². The SMILES string of the molecule is Cc1cc(C(=O)N2CC3CC(C2)N3C(=O)c2ccc(C(C)C)cc2)cc(C)c1O. The molecule has 0 aromatic heterocycles. The molecule has 3 saturated heterocycles. The molecule has 29 heavy (non-hydrogen) atoms. The third-order valence-electron chi connectivity index (χ3n) is 6.28. The minimum atomic E-state index is -0.0284. The molecule has 2 bridgehead atoms. The van der Waals surface area contributed by atoms with E-state index in [1.165, 1.54) is 5.56 Å². The van der Waals surface area contributed by atoms with E-state index < -0.39 is 0 Å². The number of piperidine rings is 1. The van der Waals surface area contributed by atoms with Crippen LogP contribution in [0, 0.1) is 13.8 Å². The van der Waals surface area contributed by atoms with Crippen molar-refractivity contribution in [3.63, 3.8) is 0 Å². The molecule has 2 unspecified atom stereocenters. The lowest BCUT2D eigenvalue weighted by Crippen LogP contribution is -2.70. The van der Waals surface area contributed by atoms with Gasteiger partial charge in [0, 0.05) is 24.2 Å². The molecular formula is C24H28N2O3. The summed E-state index contributed by atoms with van der Waals surface area (Å²) in [5, 5.41) is 9.95. The summed E-state index contributed by atoms with van der Waals surface area (Å²) in [6, 6.07) is 11.5. The zero-order valence-corrected chi connectivity index (χ0v) is 17.5. The normalized spacial score (nSPS) is 20.6. The minimum absolute atomic E-state index is 0.0284. The van der Waals surface area contributed by atoms with Gasteiger partial charge in [-0.1, -0.05) is 26.0 Å². The molecule has 2 aromatic carbocycles. The third kappa shape index (κ3) is 3.39. The molecule has 0 spiro atoms. The summed E-state index contributed by atoms with van der Waals surface area (Å²) in [4.78, 5) is 29.7. The summed E-state index contributed by atoms with van der Waals surface area (Å²) in [7, 11) is 0. The number of carbonyl (C=O) groups excluding carboxylic acids is 2. The lowest BCUT2D eigenvalue weighted by Gasteiger charge is -2.56. The van der Waals surface area contributed by atoms with Crippen LogP contribution < -0.4 is 0 Å². The van der Waals surface area contributed by atoms with Crippen molar-refractivity contribution in [3.05, 3.63) is 64.2 Å². The maximum absolute atomic E-state index is 13.0. The Morgan fingerprint density at radius 3 is 2.00 bits per heavy atom. The minimum Gasteiger partial charge on any atom is -0.507 e. The first-order valence-corrected chi connectivity index (χ1v) is 10.3. The zero-order valence-electron chi connectivity index (χ0n) is 17.5. The van der Waals surface area contributed by atoms with Crippen molar-refractivity contribution in [2.45, 2.75) is 52.1 Å². The highest BCUT2D eigenvalue weighted by atomic mass is 16.3. The van der Waals surface area contributed by atoms with E-state index in [1.807, 2.05) is 34.1 Å². The van der Waals surface area contributed by atoms with E-state index in [2.05, 4.69) is 13.8 Å². The Labute approximate surface area is 171 Å². The predicted octanol–water partition coefficient (Wildman–Crippen LogP) is 3.87. The van der Waals surface area contributed by atoms with Crippen LogP contribution in [-0.4, -0.2) is 51.9 Å². The molecule has 0 radical (unpaired) electrons. The lowest BCUT2D eigenvalue weighted by molar-refractivity contribution is -0.0397. The molecule has 5 rings (SSSR count). The van der Waals surface area contributed by atoms with Crippen LogP contribution >= 0.6 is 0 Å². The highest BCUT2D eigenvalue weighted by molar-refractivity contribution is 5.97. The van der Waals surface area contributed by atoms with Gasteiger partial charge in [0.15, 0.2) is 0 Å². The van der Waals surface area contributed by atoms with Gasteiger partial charge in [-0.3, -0.25) is 9.59 Å². The Morgan fingerprint density at radius 2 is 1.48 bits per heavy atom. The van der Waals surface area contributed by atoms with Crippen molar-refractivity contribution in [2.75, 3.05) is 13.1 Å². The molecule has 5 heteroatoms. The molecule has 3 fully saturated rings. The van der Waals surface area contributed by atoms with Gasteiger partial charge in [-0.15, -0.1) is 0 Å². The number of piperazine rings is 1. The Morgan fingerprint density at radius 1 is 0.931 bits per heavy atom. The quantitative estimate of drug-likeness (QED) is 0.863. The standard InChI is InChI=1S/C24H28N2O3/c1-14(2)17-5-7-18(8-6-17)24(29)26-20-11-21(26)13-25(12-20)23(28)19-9-15(3)22(27)16(4)10-19/h5-10,14,20-21,27H,11-13H2,1-4H3. The maximum atomic E-state index is 13.0. The molecule has 3 aliphatic heterocycles. The molecule has 2 amide bonds. The fourth-order valence-electron chi connectivity index (χ4n) is 4.53.